The smallest absolute Gasteiger partial charge is 0.409 e. The molecule has 0 spiro atoms. The van der Waals surface area contributed by atoms with E-state index in [1.807, 2.05) is 19.9 Å². The molecule has 0 bridgehead atoms. The number of aromatic amines is 1. The third-order valence-corrected chi connectivity index (χ3v) is 8.08. The van der Waals surface area contributed by atoms with E-state index in [1.165, 1.54) is 12.3 Å². The number of amides is 3. The molecule has 4 aromatic rings. The van der Waals surface area contributed by atoms with Crippen LogP contribution in [0.3, 0.4) is 0 Å². The minimum Gasteiger partial charge on any atom is -0.409 e. The number of benzene rings is 2. The van der Waals surface area contributed by atoms with Crippen molar-refractivity contribution in [2.45, 2.75) is 51.2 Å². The number of likely N-dealkylation sites (tertiary alicyclic amines) is 1. The van der Waals surface area contributed by atoms with Crippen molar-refractivity contribution < 1.29 is 18.7 Å². The van der Waals surface area contributed by atoms with Gasteiger partial charge < -0.3 is 15.0 Å². The van der Waals surface area contributed by atoms with Crippen molar-refractivity contribution >= 4 is 28.7 Å². The Hall–Kier alpha value is -4.47. The lowest BCUT2D eigenvalue weighted by Crippen LogP contribution is -2.60. The van der Waals surface area contributed by atoms with Crippen molar-refractivity contribution in [2.24, 2.45) is 0 Å². The number of fused-ring (bicyclic) bond motifs is 2. The fourth-order valence-corrected chi connectivity index (χ4v) is 6.08. The molecule has 200 valence electrons. The van der Waals surface area contributed by atoms with E-state index in [-0.39, 0.29) is 17.8 Å². The van der Waals surface area contributed by atoms with E-state index < -0.39 is 17.4 Å². The Labute approximate surface area is 225 Å². The predicted octanol–water partition coefficient (Wildman–Crippen LogP) is 5.72. The lowest BCUT2D eigenvalue weighted by atomic mass is 9.75. The topological polar surface area (TPSA) is 103 Å². The second-order valence-corrected chi connectivity index (χ2v) is 10.2. The van der Waals surface area contributed by atoms with Gasteiger partial charge in [0.25, 0.3) is 0 Å². The molecule has 3 amide bonds. The van der Waals surface area contributed by atoms with Gasteiger partial charge in [-0.3, -0.25) is 15.0 Å². The molecule has 2 unspecified atom stereocenters. The van der Waals surface area contributed by atoms with Crippen LogP contribution in [0, 0.1) is 12.7 Å². The van der Waals surface area contributed by atoms with Gasteiger partial charge in [-0.25, -0.2) is 14.0 Å². The monoisotopic (exact) mass is 528 g/mol. The van der Waals surface area contributed by atoms with E-state index in [1.54, 1.807) is 40.4 Å². The Kier molecular flexibility index (Phi) is 6.17. The summed E-state index contributed by atoms with van der Waals surface area (Å²) in [4.78, 5) is 34.5. The highest BCUT2D eigenvalue weighted by atomic mass is 19.1. The molecule has 2 aliphatic rings. The molecule has 2 atom stereocenters. The first kappa shape index (κ1) is 24.8. The van der Waals surface area contributed by atoms with Crippen LogP contribution in [0.25, 0.3) is 10.9 Å². The van der Waals surface area contributed by atoms with Crippen molar-refractivity contribution in [3.8, 4) is 5.75 Å². The van der Waals surface area contributed by atoms with Crippen LogP contribution in [0.1, 0.15) is 42.9 Å². The van der Waals surface area contributed by atoms with Crippen LogP contribution >= 0.6 is 0 Å². The minimum atomic E-state index is -0.763. The molecule has 4 heterocycles. The molecule has 1 saturated heterocycles. The number of halogens is 1. The first-order valence-electron chi connectivity index (χ1n) is 13.1. The van der Waals surface area contributed by atoms with Gasteiger partial charge in [0.1, 0.15) is 5.82 Å². The molecule has 2 aliphatic heterocycles. The van der Waals surface area contributed by atoms with Gasteiger partial charge >= 0.3 is 12.1 Å². The van der Waals surface area contributed by atoms with Crippen LogP contribution in [0.4, 0.5) is 19.7 Å². The number of urea groups is 1. The van der Waals surface area contributed by atoms with Gasteiger partial charge in [-0.05, 0) is 67.1 Å². The standard InChI is InChI=1S/C29H29FN6O3/c1-3-29(21-12-18(2)25-20(13-21)15-32-34-25)14-22(9-11-36(29)28(38)39-23-7-5-10-31-16-23)35-17-19-6-4-8-24(30)26(19)33-27(35)37/h4-8,10,12-13,15-16,22H,3,9,11,14,17H2,1-2H3,(H,32,34)(H,33,37). The molecule has 39 heavy (non-hydrogen) atoms. The third kappa shape index (κ3) is 4.25. The third-order valence-electron chi connectivity index (χ3n) is 8.08. The lowest BCUT2D eigenvalue weighted by Gasteiger charge is -2.51. The number of hydrogen-bond donors (Lipinski definition) is 2. The van der Waals surface area contributed by atoms with E-state index in [0.29, 0.717) is 38.1 Å². The van der Waals surface area contributed by atoms with Gasteiger partial charge in [-0.1, -0.05) is 25.1 Å². The number of piperidine rings is 1. The number of carbonyl (C=O) groups excluding carboxylic acids is 2. The number of aromatic nitrogens is 3. The second-order valence-electron chi connectivity index (χ2n) is 10.2. The number of pyridine rings is 1. The van der Waals surface area contributed by atoms with Crippen molar-refractivity contribution in [1.29, 1.82) is 0 Å². The van der Waals surface area contributed by atoms with Crippen LogP contribution in [0.15, 0.2) is 61.1 Å². The SMILES string of the molecule is CCC1(c2cc(C)c3[nH]ncc3c2)CC(N2Cc3cccc(F)c3NC2=O)CCN1C(=O)Oc1cccnc1. The summed E-state index contributed by atoms with van der Waals surface area (Å²) in [6.45, 7) is 4.72. The van der Waals surface area contributed by atoms with Crippen molar-refractivity contribution in [3.05, 3.63) is 83.6 Å². The van der Waals surface area contributed by atoms with Gasteiger partial charge in [0.05, 0.1) is 29.1 Å². The van der Waals surface area contributed by atoms with E-state index in [2.05, 4.69) is 32.6 Å². The summed E-state index contributed by atoms with van der Waals surface area (Å²) >= 11 is 0. The van der Waals surface area contributed by atoms with Crippen LogP contribution < -0.4 is 10.1 Å². The first-order chi connectivity index (χ1) is 18.9. The van der Waals surface area contributed by atoms with E-state index in [9.17, 15) is 14.0 Å². The van der Waals surface area contributed by atoms with Crippen molar-refractivity contribution in [1.82, 2.24) is 25.0 Å². The summed E-state index contributed by atoms with van der Waals surface area (Å²) in [6.07, 6.45) is 6.07. The normalized spacial score (nSPS) is 21.0. The molecule has 10 heteroatoms. The van der Waals surface area contributed by atoms with Crippen molar-refractivity contribution in [3.63, 3.8) is 0 Å². The van der Waals surface area contributed by atoms with Crippen LogP contribution in [-0.2, 0) is 12.1 Å². The van der Waals surface area contributed by atoms with Crippen LogP contribution in [0.2, 0.25) is 0 Å². The molecule has 9 nitrogen and oxygen atoms in total. The highest BCUT2D eigenvalue weighted by Gasteiger charge is 2.48. The van der Waals surface area contributed by atoms with Gasteiger partial charge in [0.15, 0.2) is 5.75 Å². The average Bonchev–Trinajstić information content (AvgIpc) is 3.43. The minimum absolute atomic E-state index is 0.191. The summed E-state index contributed by atoms with van der Waals surface area (Å²) in [5.74, 6) is -0.0783. The Morgan fingerprint density at radius 2 is 2.10 bits per heavy atom. The first-order valence-corrected chi connectivity index (χ1v) is 13.1. The predicted molar refractivity (Wildman–Crippen MR) is 144 cm³/mol. The maximum absolute atomic E-state index is 14.4. The summed E-state index contributed by atoms with van der Waals surface area (Å²) < 4.78 is 20.1. The van der Waals surface area contributed by atoms with Gasteiger partial charge in [-0.2, -0.15) is 5.10 Å². The summed E-state index contributed by atoms with van der Waals surface area (Å²) in [6, 6.07) is 11.8. The molecule has 2 aromatic carbocycles. The summed E-state index contributed by atoms with van der Waals surface area (Å²) in [5.41, 5.74) is 3.10. The largest absolute Gasteiger partial charge is 0.416 e. The zero-order chi connectivity index (χ0) is 27.1. The molecule has 2 aromatic heterocycles. The number of aryl methyl sites for hydroxylation is 1. The lowest BCUT2D eigenvalue weighted by molar-refractivity contribution is 0.0111. The van der Waals surface area contributed by atoms with Crippen molar-refractivity contribution in [2.75, 3.05) is 11.9 Å². The van der Waals surface area contributed by atoms with Gasteiger partial charge in [0.2, 0.25) is 0 Å². The van der Waals surface area contributed by atoms with E-state index in [4.69, 9.17) is 4.74 Å². The number of ether oxygens (including phenoxy) is 1. The van der Waals surface area contributed by atoms with Gasteiger partial charge in [0, 0.05) is 30.7 Å². The molecule has 0 radical (unpaired) electrons. The molecular weight excluding hydrogens is 499 g/mol. The fraction of sp³-hybridized carbons (Fsp3) is 0.310. The number of nitrogens with zero attached hydrogens (tertiary/aromatic N) is 4. The molecule has 1 fully saturated rings. The molecular formula is C29H29FN6O3. The Morgan fingerprint density at radius 3 is 2.90 bits per heavy atom. The summed E-state index contributed by atoms with van der Waals surface area (Å²) in [7, 11) is 0. The number of anilines is 1. The number of rotatable bonds is 4. The molecule has 6 rings (SSSR count). The van der Waals surface area contributed by atoms with Crippen LogP contribution in [0.5, 0.6) is 5.75 Å². The Balaban J connectivity index is 1.39. The quantitative estimate of drug-likeness (QED) is 0.353. The zero-order valence-corrected chi connectivity index (χ0v) is 21.8. The summed E-state index contributed by atoms with van der Waals surface area (Å²) in [5, 5.41) is 10.9. The molecule has 0 aliphatic carbocycles. The van der Waals surface area contributed by atoms with E-state index >= 15 is 0 Å². The number of para-hydroxylation sites is 1. The number of hydrogen-bond acceptors (Lipinski definition) is 5. The second kappa shape index (κ2) is 9.68. The molecule has 0 saturated carbocycles. The molecule has 2 N–H and O–H groups in total. The zero-order valence-electron chi connectivity index (χ0n) is 21.8. The Morgan fingerprint density at radius 1 is 1.23 bits per heavy atom. The van der Waals surface area contributed by atoms with Crippen LogP contribution in [-0.4, -0.2) is 49.7 Å². The fourth-order valence-electron chi connectivity index (χ4n) is 6.08. The average molecular weight is 529 g/mol. The number of nitrogens with one attached hydrogen (secondary N) is 2. The highest BCUT2D eigenvalue weighted by Crippen LogP contribution is 2.44. The maximum atomic E-state index is 14.4. The van der Waals surface area contributed by atoms with E-state index in [0.717, 1.165) is 27.6 Å². The number of H-pyrrole nitrogens is 1. The number of carbonyl (C=O) groups is 2. The maximum Gasteiger partial charge on any atom is 0.416 e. The highest BCUT2D eigenvalue weighted by molar-refractivity contribution is 5.92. The Bertz CT molecular complexity index is 1560. The van der Waals surface area contributed by atoms with Gasteiger partial charge in [-0.15, -0.1) is 0 Å².